The normalized spacial score (nSPS) is 18.0. The Morgan fingerprint density at radius 3 is 2.68 bits per heavy atom. The third-order valence-corrected chi connectivity index (χ3v) is 5.61. The molecule has 0 radical (unpaired) electrons. The highest BCUT2D eigenvalue weighted by molar-refractivity contribution is 7.89. The van der Waals surface area contributed by atoms with Crippen molar-refractivity contribution in [2.24, 2.45) is 11.1 Å². The number of amides is 1. The molecule has 1 amide bonds. The Kier molecular flexibility index (Phi) is 5.20. The maximum Gasteiger partial charge on any atom is 0.248 e. The summed E-state index contributed by atoms with van der Waals surface area (Å²) < 4.78 is 32.4. The van der Waals surface area contributed by atoms with Gasteiger partial charge in [0, 0.05) is 25.3 Å². The number of sulfonamides is 1. The lowest BCUT2D eigenvalue weighted by atomic mass is 9.85. The van der Waals surface area contributed by atoms with Gasteiger partial charge in [0.2, 0.25) is 15.9 Å². The highest BCUT2D eigenvalue weighted by Gasteiger charge is 2.32. The molecular formula is C15H22N2O4S. The third kappa shape index (κ3) is 4.79. The highest BCUT2D eigenvalue weighted by atomic mass is 32.2. The summed E-state index contributed by atoms with van der Waals surface area (Å²) in [6.45, 7) is 3.33. The number of hydrogen-bond acceptors (Lipinski definition) is 4. The van der Waals surface area contributed by atoms with Crippen LogP contribution in [0.3, 0.4) is 0 Å². The summed E-state index contributed by atoms with van der Waals surface area (Å²) in [5.74, 6) is -0.446. The topological polar surface area (TPSA) is 98.5 Å². The summed E-state index contributed by atoms with van der Waals surface area (Å²) in [6, 6.07) is 6.64. The summed E-state index contributed by atoms with van der Waals surface area (Å²) in [4.78, 5) is 11.1. The van der Waals surface area contributed by atoms with E-state index in [-0.39, 0.29) is 17.7 Å². The minimum atomic E-state index is -3.39. The van der Waals surface area contributed by atoms with Crippen molar-refractivity contribution in [2.45, 2.75) is 26.3 Å². The van der Waals surface area contributed by atoms with Crippen LogP contribution in [0.5, 0.6) is 0 Å². The van der Waals surface area contributed by atoms with Crippen LogP contribution in [0.4, 0.5) is 0 Å². The molecule has 0 spiro atoms. The monoisotopic (exact) mass is 326 g/mol. The van der Waals surface area contributed by atoms with Crippen LogP contribution < -0.4 is 10.5 Å². The number of ether oxygens (including phenoxy) is 1. The van der Waals surface area contributed by atoms with Gasteiger partial charge in [-0.25, -0.2) is 13.1 Å². The predicted molar refractivity (Wildman–Crippen MR) is 83.7 cm³/mol. The van der Waals surface area contributed by atoms with E-state index in [1.165, 1.54) is 0 Å². The van der Waals surface area contributed by atoms with Crippen LogP contribution in [0.15, 0.2) is 24.3 Å². The van der Waals surface area contributed by atoms with E-state index in [1.807, 2.05) is 6.92 Å². The first kappa shape index (κ1) is 16.9. The molecule has 1 saturated heterocycles. The van der Waals surface area contributed by atoms with Gasteiger partial charge >= 0.3 is 0 Å². The van der Waals surface area contributed by atoms with E-state index >= 15 is 0 Å². The number of benzene rings is 1. The number of rotatable bonds is 6. The van der Waals surface area contributed by atoms with Gasteiger partial charge in [-0.15, -0.1) is 0 Å². The van der Waals surface area contributed by atoms with Gasteiger partial charge in [-0.3, -0.25) is 4.79 Å². The van der Waals surface area contributed by atoms with E-state index in [4.69, 9.17) is 10.5 Å². The lowest BCUT2D eigenvalue weighted by Crippen LogP contribution is -2.38. The average molecular weight is 326 g/mol. The molecule has 122 valence electrons. The molecule has 1 heterocycles. The second kappa shape index (κ2) is 6.76. The summed E-state index contributed by atoms with van der Waals surface area (Å²) in [7, 11) is -3.39. The average Bonchev–Trinajstić information content (AvgIpc) is 2.45. The zero-order chi connectivity index (χ0) is 16.2. The van der Waals surface area contributed by atoms with Crippen LogP contribution >= 0.6 is 0 Å². The fraction of sp³-hybridized carbons (Fsp3) is 0.533. The van der Waals surface area contributed by atoms with Crippen molar-refractivity contribution in [1.29, 1.82) is 0 Å². The van der Waals surface area contributed by atoms with E-state index < -0.39 is 15.9 Å². The molecule has 0 unspecified atom stereocenters. The van der Waals surface area contributed by atoms with Gasteiger partial charge in [-0.2, -0.15) is 0 Å². The van der Waals surface area contributed by atoms with Gasteiger partial charge in [0.1, 0.15) is 0 Å². The third-order valence-electron chi connectivity index (χ3n) is 3.95. The van der Waals surface area contributed by atoms with E-state index in [0.29, 0.717) is 24.3 Å². The minimum absolute atomic E-state index is 0.0822. The van der Waals surface area contributed by atoms with E-state index in [2.05, 4.69) is 4.72 Å². The minimum Gasteiger partial charge on any atom is -0.381 e. The Morgan fingerprint density at radius 1 is 1.36 bits per heavy atom. The van der Waals surface area contributed by atoms with Crippen molar-refractivity contribution < 1.29 is 17.9 Å². The molecule has 1 aliphatic heterocycles. The standard InChI is InChI=1S/C15H22N2O4S/c1-15(5-7-21-8-6-15)11-22(19,20)17-10-12-3-2-4-13(9-12)14(16)18/h2-4,9,17H,5-8,10-11H2,1H3,(H2,16,18). The van der Waals surface area contributed by atoms with Gasteiger partial charge in [-0.05, 0) is 36.0 Å². The van der Waals surface area contributed by atoms with Gasteiger partial charge < -0.3 is 10.5 Å². The quantitative estimate of drug-likeness (QED) is 0.815. The van der Waals surface area contributed by atoms with Gasteiger partial charge in [0.05, 0.1) is 5.75 Å². The first-order valence-electron chi connectivity index (χ1n) is 7.24. The van der Waals surface area contributed by atoms with Gasteiger partial charge in [0.25, 0.3) is 0 Å². The Bertz CT molecular complexity index is 637. The molecule has 1 aromatic rings. The van der Waals surface area contributed by atoms with E-state index in [0.717, 1.165) is 12.8 Å². The van der Waals surface area contributed by atoms with E-state index in [1.54, 1.807) is 24.3 Å². The SMILES string of the molecule is CC1(CS(=O)(=O)NCc2cccc(C(N)=O)c2)CCOCC1. The molecule has 3 N–H and O–H groups in total. The van der Waals surface area contributed by atoms with E-state index in [9.17, 15) is 13.2 Å². The Balaban J connectivity index is 1.97. The van der Waals surface area contributed by atoms with Gasteiger partial charge in [-0.1, -0.05) is 19.1 Å². The van der Waals surface area contributed by atoms with Crippen LogP contribution in [-0.4, -0.2) is 33.3 Å². The molecule has 0 atom stereocenters. The largest absolute Gasteiger partial charge is 0.381 e. The molecule has 0 aliphatic carbocycles. The molecule has 0 bridgehead atoms. The van der Waals surface area contributed by atoms with Crippen molar-refractivity contribution in [3.8, 4) is 0 Å². The first-order chi connectivity index (χ1) is 10.3. The molecule has 2 rings (SSSR count). The lowest BCUT2D eigenvalue weighted by molar-refractivity contribution is 0.0340. The molecule has 22 heavy (non-hydrogen) atoms. The van der Waals surface area contributed by atoms with Crippen molar-refractivity contribution in [1.82, 2.24) is 4.72 Å². The number of nitrogens with two attached hydrogens (primary N) is 1. The zero-order valence-corrected chi connectivity index (χ0v) is 13.5. The van der Waals surface area contributed by atoms with Crippen LogP contribution in [0, 0.1) is 5.41 Å². The Labute approximate surface area is 131 Å². The second-order valence-corrected chi connectivity index (χ2v) is 7.87. The van der Waals surface area contributed by atoms with Crippen LogP contribution in [-0.2, 0) is 21.3 Å². The fourth-order valence-corrected chi connectivity index (χ4v) is 4.24. The second-order valence-electron chi connectivity index (χ2n) is 6.07. The van der Waals surface area contributed by atoms with Gasteiger partial charge in [0.15, 0.2) is 0 Å². The van der Waals surface area contributed by atoms with Crippen molar-refractivity contribution in [3.63, 3.8) is 0 Å². The fourth-order valence-electron chi connectivity index (χ4n) is 2.55. The molecular weight excluding hydrogens is 304 g/mol. The molecule has 1 fully saturated rings. The molecule has 0 saturated carbocycles. The molecule has 0 aromatic heterocycles. The predicted octanol–water partition coefficient (Wildman–Crippen LogP) is 1.02. The van der Waals surface area contributed by atoms with Crippen LogP contribution in [0.2, 0.25) is 0 Å². The molecule has 7 heteroatoms. The zero-order valence-electron chi connectivity index (χ0n) is 12.7. The maximum atomic E-state index is 12.3. The molecule has 6 nitrogen and oxygen atoms in total. The highest BCUT2D eigenvalue weighted by Crippen LogP contribution is 2.31. The Hall–Kier alpha value is -1.44. The number of hydrogen-bond donors (Lipinski definition) is 2. The number of carbonyl (C=O) groups excluding carboxylic acids is 1. The number of nitrogens with one attached hydrogen (secondary N) is 1. The number of primary amides is 1. The van der Waals surface area contributed by atoms with Crippen molar-refractivity contribution >= 4 is 15.9 Å². The lowest BCUT2D eigenvalue weighted by Gasteiger charge is -2.33. The van der Waals surface area contributed by atoms with Crippen molar-refractivity contribution in [2.75, 3.05) is 19.0 Å². The Morgan fingerprint density at radius 2 is 2.05 bits per heavy atom. The van der Waals surface area contributed by atoms with Crippen molar-refractivity contribution in [3.05, 3.63) is 35.4 Å². The summed E-state index contributed by atoms with van der Waals surface area (Å²) in [5.41, 5.74) is 6.04. The number of carbonyl (C=O) groups is 1. The summed E-state index contributed by atoms with van der Waals surface area (Å²) in [6.07, 6.45) is 1.48. The van der Waals surface area contributed by atoms with Crippen LogP contribution in [0.25, 0.3) is 0 Å². The summed E-state index contributed by atoms with van der Waals surface area (Å²) >= 11 is 0. The summed E-state index contributed by atoms with van der Waals surface area (Å²) in [5, 5.41) is 0. The molecule has 1 aliphatic rings. The van der Waals surface area contributed by atoms with Crippen LogP contribution in [0.1, 0.15) is 35.7 Å². The maximum absolute atomic E-state index is 12.3. The first-order valence-corrected chi connectivity index (χ1v) is 8.89. The smallest absolute Gasteiger partial charge is 0.248 e. The molecule has 1 aromatic carbocycles.